The molecule has 30 heavy (non-hydrogen) atoms. The smallest absolute Gasteiger partial charge is 0.253 e. The summed E-state index contributed by atoms with van der Waals surface area (Å²) >= 11 is 0. The summed E-state index contributed by atoms with van der Waals surface area (Å²) in [7, 11) is 1.59. The highest BCUT2D eigenvalue weighted by atomic mass is 19.1. The molecule has 160 valence electrons. The number of carbonyl (C=O) groups excluding carboxylic acids is 1. The molecule has 0 spiro atoms. The summed E-state index contributed by atoms with van der Waals surface area (Å²) < 4.78 is 25.4. The third kappa shape index (κ3) is 4.93. The fourth-order valence-corrected chi connectivity index (χ4v) is 4.20. The van der Waals surface area contributed by atoms with Crippen molar-refractivity contribution in [2.75, 3.05) is 33.3 Å². The van der Waals surface area contributed by atoms with Gasteiger partial charge in [-0.25, -0.2) is 4.39 Å². The molecule has 2 aromatic rings. The second kappa shape index (κ2) is 9.47. The van der Waals surface area contributed by atoms with E-state index in [4.69, 9.17) is 9.47 Å². The Bertz CT molecular complexity index is 857. The van der Waals surface area contributed by atoms with Crippen molar-refractivity contribution in [3.05, 3.63) is 59.4 Å². The molecule has 0 bridgehead atoms. The standard InChI is InChI=1S/C24H29FN2O3/c1-29-22-8-9-23(25)19(16-22)17-26-14-10-21(11-15-26)30-20-6-4-18(5-7-20)24(28)27-12-2-3-13-27/h4-9,16,21H,2-3,10-15,17H2,1H3. The van der Waals surface area contributed by atoms with Gasteiger partial charge in [0.05, 0.1) is 7.11 Å². The molecule has 6 heteroatoms. The van der Waals surface area contributed by atoms with Gasteiger partial charge in [0.25, 0.3) is 5.91 Å². The maximum atomic E-state index is 14.1. The van der Waals surface area contributed by atoms with Crippen LogP contribution >= 0.6 is 0 Å². The summed E-state index contributed by atoms with van der Waals surface area (Å²) in [6.07, 6.45) is 4.10. The molecule has 0 atom stereocenters. The molecule has 5 nitrogen and oxygen atoms in total. The third-order valence-electron chi connectivity index (χ3n) is 5.98. The Hall–Kier alpha value is -2.60. The number of piperidine rings is 1. The lowest BCUT2D eigenvalue weighted by Gasteiger charge is -2.32. The normalized spacial score (nSPS) is 17.9. The van der Waals surface area contributed by atoms with Gasteiger partial charge in [-0.1, -0.05) is 0 Å². The van der Waals surface area contributed by atoms with Crippen LogP contribution in [0.1, 0.15) is 41.6 Å². The number of hydrogen-bond donors (Lipinski definition) is 0. The first-order valence-electron chi connectivity index (χ1n) is 10.7. The Balaban J connectivity index is 1.27. The minimum Gasteiger partial charge on any atom is -0.497 e. The van der Waals surface area contributed by atoms with Gasteiger partial charge in [0.1, 0.15) is 23.4 Å². The van der Waals surface area contributed by atoms with Crippen LogP contribution in [0.4, 0.5) is 4.39 Å². The molecule has 2 heterocycles. The summed E-state index contributed by atoms with van der Waals surface area (Å²) in [6.45, 7) is 3.99. The first-order valence-corrected chi connectivity index (χ1v) is 10.7. The van der Waals surface area contributed by atoms with Gasteiger partial charge in [0, 0.05) is 43.9 Å². The molecule has 2 aliphatic heterocycles. The van der Waals surface area contributed by atoms with Crippen LogP contribution in [0.15, 0.2) is 42.5 Å². The van der Waals surface area contributed by atoms with Crippen molar-refractivity contribution < 1.29 is 18.7 Å². The predicted octanol–water partition coefficient (Wildman–Crippen LogP) is 4.11. The number of nitrogens with zero attached hydrogens (tertiary/aromatic N) is 2. The largest absolute Gasteiger partial charge is 0.497 e. The van der Waals surface area contributed by atoms with E-state index < -0.39 is 0 Å². The molecule has 0 N–H and O–H groups in total. The number of likely N-dealkylation sites (tertiary alicyclic amines) is 2. The minimum atomic E-state index is -0.197. The Morgan fingerprint density at radius 1 is 1.00 bits per heavy atom. The Labute approximate surface area is 177 Å². The van der Waals surface area contributed by atoms with Crippen molar-refractivity contribution in [3.63, 3.8) is 0 Å². The summed E-state index contributed by atoms with van der Waals surface area (Å²) in [5.41, 5.74) is 1.38. The molecule has 0 saturated carbocycles. The first-order chi connectivity index (χ1) is 14.6. The average Bonchev–Trinajstić information content (AvgIpc) is 3.32. The molecule has 0 radical (unpaired) electrons. The van der Waals surface area contributed by atoms with E-state index in [-0.39, 0.29) is 17.8 Å². The molecule has 0 unspecified atom stereocenters. The lowest BCUT2D eigenvalue weighted by atomic mass is 10.1. The van der Waals surface area contributed by atoms with Gasteiger partial charge in [-0.15, -0.1) is 0 Å². The van der Waals surface area contributed by atoms with Crippen LogP contribution in [0.5, 0.6) is 11.5 Å². The van der Waals surface area contributed by atoms with Gasteiger partial charge in [-0.3, -0.25) is 9.69 Å². The average molecular weight is 413 g/mol. The Morgan fingerprint density at radius 2 is 1.67 bits per heavy atom. The van der Waals surface area contributed by atoms with Crippen LogP contribution in [0.25, 0.3) is 0 Å². The fourth-order valence-electron chi connectivity index (χ4n) is 4.20. The monoisotopic (exact) mass is 412 g/mol. The van der Waals surface area contributed by atoms with E-state index >= 15 is 0 Å². The van der Waals surface area contributed by atoms with Crippen LogP contribution in [0, 0.1) is 5.82 Å². The minimum absolute atomic E-state index is 0.108. The summed E-state index contributed by atoms with van der Waals surface area (Å²) in [5, 5.41) is 0. The van der Waals surface area contributed by atoms with Crippen molar-refractivity contribution in [3.8, 4) is 11.5 Å². The van der Waals surface area contributed by atoms with E-state index in [9.17, 15) is 9.18 Å². The summed E-state index contributed by atoms with van der Waals surface area (Å²) in [4.78, 5) is 16.6. The molecule has 1 amide bonds. The zero-order chi connectivity index (χ0) is 20.9. The molecule has 2 saturated heterocycles. The maximum absolute atomic E-state index is 14.1. The van der Waals surface area contributed by atoms with Gasteiger partial charge < -0.3 is 14.4 Å². The number of benzene rings is 2. The van der Waals surface area contributed by atoms with Crippen molar-refractivity contribution in [2.24, 2.45) is 0 Å². The molecule has 2 aromatic carbocycles. The third-order valence-corrected chi connectivity index (χ3v) is 5.98. The summed E-state index contributed by atoms with van der Waals surface area (Å²) in [5.74, 6) is 1.39. The van der Waals surface area contributed by atoms with E-state index in [0.717, 1.165) is 63.2 Å². The number of halogens is 1. The van der Waals surface area contributed by atoms with E-state index in [2.05, 4.69) is 4.90 Å². The van der Waals surface area contributed by atoms with E-state index in [1.54, 1.807) is 19.2 Å². The lowest BCUT2D eigenvalue weighted by Crippen LogP contribution is -2.38. The number of carbonyl (C=O) groups is 1. The Morgan fingerprint density at radius 3 is 2.33 bits per heavy atom. The topological polar surface area (TPSA) is 42.0 Å². The molecule has 2 aliphatic rings. The number of ether oxygens (including phenoxy) is 2. The van der Waals surface area contributed by atoms with Crippen LogP contribution in [-0.2, 0) is 6.54 Å². The Kier molecular flexibility index (Phi) is 6.53. The zero-order valence-corrected chi connectivity index (χ0v) is 17.5. The van der Waals surface area contributed by atoms with Gasteiger partial charge >= 0.3 is 0 Å². The zero-order valence-electron chi connectivity index (χ0n) is 17.5. The first kappa shape index (κ1) is 20.7. The maximum Gasteiger partial charge on any atom is 0.253 e. The highest BCUT2D eigenvalue weighted by molar-refractivity contribution is 5.94. The second-order valence-electron chi connectivity index (χ2n) is 8.07. The predicted molar refractivity (Wildman–Crippen MR) is 113 cm³/mol. The van der Waals surface area contributed by atoms with Crippen LogP contribution in [0.3, 0.4) is 0 Å². The van der Waals surface area contributed by atoms with Gasteiger partial charge in [-0.2, -0.15) is 0 Å². The van der Waals surface area contributed by atoms with Gasteiger partial charge in [0.2, 0.25) is 0 Å². The van der Waals surface area contributed by atoms with Crippen molar-refractivity contribution in [1.29, 1.82) is 0 Å². The number of methoxy groups -OCH3 is 1. The highest BCUT2D eigenvalue weighted by Crippen LogP contribution is 2.23. The molecule has 2 fully saturated rings. The van der Waals surface area contributed by atoms with Crippen LogP contribution in [0.2, 0.25) is 0 Å². The quantitative estimate of drug-likeness (QED) is 0.716. The highest BCUT2D eigenvalue weighted by Gasteiger charge is 2.22. The second-order valence-corrected chi connectivity index (χ2v) is 8.07. The summed E-state index contributed by atoms with van der Waals surface area (Å²) in [6, 6.07) is 12.4. The van der Waals surface area contributed by atoms with Crippen molar-refractivity contribution >= 4 is 5.91 Å². The molecular weight excluding hydrogens is 383 g/mol. The van der Waals surface area contributed by atoms with Crippen molar-refractivity contribution in [2.45, 2.75) is 38.3 Å². The number of amides is 1. The van der Waals surface area contributed by atoms with Crippen LogP contribution in [-0.4, -0.2) is 55.1 Å². The molecule has 0 aliphatic carbocycles. The lowest BCUT2D eigenvalue weighted by molar-refractivity contribution is 0.0792. The van der Waals surface area contributed by atoms with Crippen LogP contribution < -0.4 is 9.47 Å². The van der Waals surface area contributed by atoms with Crippen molar-refractivity contribution in [1.82, 2.24) is 9.80 Å². The number of hydrogen-bond acceptors (Lipinski definition) is 4. The molecule has 4 rings (SSSR count). The van der Waals surface area contributed by atoms with E-state index in [1.165, 1.54) is 6.07 Å². The van der Waals surface area contributed by atoms with Gasteiger partial charge in [0.15, 0.2) is 0 Å². The number of rotatable bonds is 6. The van der Waals surface area contributed by atoms with Gasteiger partial charge in [-0.05, 0) is 68.1 Å². The molecule has 0 aromatic heterocycles. The SMILES string of the molecule is COc1ccc(F)c(CN2CCC(Oc3ccc(C(=O)N4CCCC4)cc3)CC2)c1. The molecular formula is C24H29FN2O3. The fraction of sp³-hybridized carbons (Fsp3) is 0.458. The van der Waals surface area contributed by atoms with E-state index in [1.807, 2.05) is 29.2 Å². The van der Waals surface area contributed by atoms with E-state index in [0.29, 0.717) is 17.9 Å².